The lowest BCUT2D eigenvalue weighted by Gasteiger charge is -2.42. The summed E-state index contributed by atoms with van der Waals surface area (Å²) in [6.07, 6.45) is 2.27. The summed E-state index contributed by atoms with van der Waals surface area (Å²) >= 11 is 0. The van der Waals surface area contributed by atoms with Gasteiger partial charge in [-0.3, -0.25) is 0 Å². The van der Waals surface area contributed by atoms with E-state index in [-0.39, 0.29) is 34.6 Å². The monoisotopic (exact) mass is 581 g/mol. The van der Waals surface area contributed by atoms with Crippen LogP contribution in [-0.4, -0.2) is 52.2 Å². The molecule has 0 bridgehead atoms. The van der Waals surface area contributed by atoms with Gasteiger partial charge in [-0.15, -0.1) is 0 Å². The lowest BCUT2D eigenvalue weighted by Crippen LogP contribution is -2.52. The number of nitrogens with zero attached hydrogens (tertiary/aromatic N) is 6. The molecule has 2 saturated heterocycles. The van der Waals surface area contributed by atoms with Crippen molar-refractivity contribution in [3.63, 3.8) is 0 Å². The van der Waals surface area contributed by atoms with Crippen LogP contribution in [0.2, 0.25) is 0 Å². The highest BCUT2D eigenvalue weighted by Gasteiger charge is 2.36. The minimum Gasteiger partial charge on any atom is -0.382 e. The fourth-order valence-corrected chi connectivity index (χ4v) is 5.85. The van der Waals surface area contributed by atoms with Crippen molar-refractivity contribution in [3.05, 3.63) is 54.5 Å². The van der Waals surface area contributed by atoms with E-state index < -0.39 is 11.7 Å². The molecule has 0 spiro atoms. The average Bonchev–Trinajstić information content (AvgIpc) is 2.98. The van der Waals surface area contributed by atoms with E-state index in [9.17, 15) is 13.2 Å². The summed E-state index contributed by atoms with van der Waals surface area (Å²) < 4.78 is 42.2. The van der Waals surface area contributed by atoms with Gasteiger partial charge in [-0.1, -0.05) is 26.8 Å². The number of piperidine rings is 2. The first kappa shape index (κ1) is 29.6. The molecule has 0 aromatic carbocycles. The highest BCUT2D eigenvalue weighted by molar-refractivity contribution is 5.82. The molecule has 224 valence electrons. The third-order valence-corrected chi connectivity index (χ3v) is 8.42. The third-order valence-electron chi connectivity index (χ3n) is 8.42. The zero-order valence-electron chi connectivity index (χ0n) is 24.0. The molecule has 5 rings (SSSR count). The van der Waals surface area contributed by atoms with Gasteiger partial charge in [-0.2, -0.15) is 13.2 Å². The highest BCUT2D eigenvalue weighted by Crippen LogP contribution is 2.38. The molecule has 0 amide bonds. The molecule has 2 fully saturated rings. The van der Waals surface area contributed by atoms with Gasteiger partial charge >= 0.3 is 6.18 Å². The summed E-state index contributed by atoms with van der Waals surface area (Å²) in [7, 11) is 0. The minimum absolute atomic E-state index is 0.00850. The first-order chi connectivity index (χ1) is 20.1. The van der Waals surface area contributed by atoms with Crippen LogP contribution in [0, 0.1) is 11.8 Å². The molecule has 9 nitrogen and oxygen atoms in total. The summed E-state index contributed by atoms with van der Waals surface area (Å²) in [6, 6.07) is 6.29. The van der Waals surface area contributed by atoms with Gasteiger partial charge in [0.15, 0.2) is 11.6 Å². The van der Waals surface area contributed by atoms with Crippen LogP contribution < -0.4 is 26.6 Å². The van der Waals surface area contributed by atoms with Crippen LogP contribution in [-0.2, 0) is 6.18 Å². The Hall–Kier alpha value is -3.93. The summed E-state index contributed by atoms with van der Waals surface area (Å²) in [5, 5.41) is 3.19. The van der Waals surface area contributed by atoms with Gasteiger partial charge in [-0.25, -0.2) is 19.9 Å². The van der Waals surface area contributed by atoms with Gasteiger partial charge in [0.25, 0.3) is 0 Å². The number of hydrogen-bond acceptors (Lipinski definition) is 9. The van der Waals surface area contributed by atoms with E-state index in [1.165, 1.54) is 12.3 Å². The van der Waals surface area contributed by atoms with E-state index in [1.54, 1.807) is 6.20 Å². The second kappa shape index (κ2) is 12.1. The molecule has 2 aliphatic heterocycles. The topological polar surface area (TPSA) is 122 Å². The number of rotatable bonds is 7. The number of anilines is 4. The van der Waals surface area contributed by atoms with Gasteiger partial charge in [0, 0.05) is 38.4 Å². The molecule has 3 aromatic heterocycles. The lowest BCUT2D eigenvalue weighted by molar-refractivity contribution is -0.137. The number of nitrogen functional groups attached to an aromatic ring is 1. The maximum Gasteiger partial charge on any atom is 0.418 e. The van der Waals surface area contributed by atoms with Crippen molar-refractivity contribution < 1.29 is 13.2 Å². The summed E-state index contributed by atoms with van der Waals surface area (Å²) in [5.41, 5.74) is 12.6. The Morgan fingerprint density at radius 1 is 1.07 bits per heavy atom. The maximum absolute atomic E-state index is 14.1. The summed E-state index contributed by atoms with van der Waals surface area (Å²) in [5.74, 6) is 1.85. The predicted molar refractivity (Wildman–Crippen MR) is 161 cm³/mol. The zero-order valence-corrected chi connectivity index (χ0v) is 24.0. The lowest BCUT2D eigenvalue weighted by atomic mass is 9.82. The number of pyridine rings is 2. The van der Waals surface area contributed by atoms with Crippen molar-refractivity contribution in [1.82, 2.24) is 19.9 Å². The fraction of sp³-hybridized carbons (Fsp3) is 0.467. The SMILES string of the molecule is C=C(Nc1ncccc1N1CC(N)C(C)C(CC)C1)c1nc(-c2nc(N3CCCCC3)ccc2C(F)(F)F)cnc1N. The van der Waals surface area contributed by atoms with E-state index in [0.717, 1.165) is 57.1 Å². The Bertz CT molecular complexity index is 1420. The van der Waals surface area contributed by atoms with Crippen LogP contribution in [0.3, 0.4) is 0 Å². The molecule has 0 saturated carbocycles. The van der Waals surface area contributed by atoms with Crippen molar-refractivity contribution in [2.24, 2.45) is 17.6 Å². The van der Waals surface area contributed by atoms with Crippen LogP contribution in [0.15, 0.2) is 43.2 Å². The molecule has 3 unspecified atom stereocenters. The first-order valence-electron chi connectivity index (χ1n) is 14.4. The first-order valence-corrected chi connectivity index (χ1v) is 14.4. The van der Waals surface area contributed by atoms with E-state index in [1.807, 2.05) is 17.0 Å². The molecule has 3 aromatic rings. The standard InChI is InChI=1S/C30H38F3N9/c1-4-20-16-42(17-22(34)18(20)2)24-9-8-12-36-29(24)38-19(3)26-28(35)37-15-23(39-26)27-21(30(31,32)33)10-11-25(40-27)41-13-6-5-7-14-41/h8-12,15,18,20,22H,3-7,13-14,16-17,34H2,1-2H3,(H2,35,37)(H,36,38). The Kier molecular flexibility index (Phi) is 8.53. The van der Waals surface area contributed by atoms with Gasteiger partial charge < -0.3 is 26.6 Å². The largest absolute Gasteiger partial charge is 0.418 e. The van der Waals surface area contributed by atoms with Crippen LogP contribution in [0.1, 0.15) is 50.8 Å². The van der Waals surface area contributed by atoms with Crippen molar-refractivity contribution in [2.45, 2.75) is 51.7 Å². The quantitative estimate of drug-likeness (QED) is 0.336. The van der Waals surface area contributed by atoms with E-state index in [2.05, 4.69) is 50.6 Å². The number of nitrogens with one attached hydrogen (secondary N) is 1. The number of hydrogen-bond donors (Lipinski definition) is 3. The van der Waals surface area contributed by atoms with Gasteiger partial charge in [-0.05, 0) is 55.4 Å². The molecular formula is C30H38F3N9. The second-order valence-electron chi connectivity index (χ2n) is 11.2. The fourth-order valence-electron chi connectivity index (χ4n) is 5.85. The normalized spacial score (nSPS) is 21.3. The number of alkyl halides is 3. The third kappa shape index (κ3) is 6.13. The van der Waals surface area contributed by atoms with Crippen LogP contribution in [0.5, 0.6) is 0 Å². The van der Waals surface area contributed by atoms with Gasteiger partial charge in [0.2, 0.25) is 0 Å². The Morgan fingerprint density at radius 3 is 2.55 bits per heavy atom. The highest BCUT2D eigenvalue weighted by atomic mass is 19.4. The van der Waals surface area contributed by atoms with E-state index in [4.69, 9.17) is 11.5 Å². The molecule has 0 aliphatic carbocycles. The Balaban J connectivity index is 1.47. The van der Waals surface area contributed by atoms with E-state index >= 15 is 0 Å². The zero-order chi connectivity index (χ0) is 30.0. The predicted octanol–water partition coefficient (Wildman–Crippen LogP) is 5.42. The molecular weight excluding hydrogens is 543 g/mol. The summed E-state index contributed by atoms with van der Waals surface area (Å²) in [4.78, 5) is 21.8. The second-order valence-corrected chi connectivity index (χ2v) is 11.2. The van der Waals surface area contributed by atoms with Crippen LogP contribution in [0.4, 0.5) is 36.3 Å². The molecule has 5 heterocycles. The number of aromatic nitrogens is 4. The van der Waals surface area contributed by atoms with Crippen LogP contribution in [0.25, 0.3) is 17.1 Å². The molecule has 42 heavy (non-hydrogen) atoms. The van der Waals surface area contributed by atoms with Gasteiger partial charge in [0.1, 0.15) is 22.9 Å². The van der Waals surface area contributed by atoms with Crippen molar-refractivity contribution in [1.29, 1.82) is 0 Å². The molecule has 2 aliphatic rings. The Labute approximate surface area is 244 Å². The minimum atomic E-state index is -4.63. The van der Waals surface area contributed by atoms with Crippen molar-refractivity contribution in [3.8, 4) is 11.4 Å². The van der Waals surface area contributed by atoms with Crippen molar-refractivity contribution >= 4 is 28.8 Å². The molecule has 12 heteroatoms. The number of nitrogens with two attached hydrogens (primary N) is 2. The average molecular weight is 582 g/mol. The molecule has 5 N–H and O–H groups in total. The summed E-state index contributed by atoms with van der Waals surface area (Å²) in [6.45, 7) is 11.4. The maximum atomic E-state index is 14.1. The van der Waals surface area contributed by atoms with Crippen LogP contribution >= 0.6 is 0 Å². The smallest absolute Gasteiger partial charge is 0.382 e. The van der Waals surface area contributed by atoms with Crippen molar-refractivity contribution in [2.75, 3.05) is 47.0 Å². The van der Waals surface area contributed by atoms with Gasteiger partial charge in [0.05, 0.1) is 23.1 Å². The molecule has 3 atom stereocenters. The van der Waals surface area contributed by atoms with E-state index in [0.29, 0.717) is 30.0 Å². The molecule has 0 radical (unpaired) electrons. The number of halogens is 3. The Morgan fingerprint density at radius 2 is 1.83 bits per heavy atom.